The fourth-order valence-electron chi connectivity index (χ4n) is 5.18. The lowest BCUT2D eigenvalue weighted by atomic mass is 9.85. The molecule has 172 valence electrons. The number of carbonyl (C=O) groups excluding carboxylic acids is 2. The van der Waals surface area contributed by atoms with Crippen LogP contribution in [0.15, 0.2) is 48.5 Å². The molecule has 0 saturated heterocycles. The number of para-hydroxylation sites is 1. The summed E-state index contributed by atoms with van der Waals surface area (Å²) in [7, 11) is 0. The lowest BCUT2D eigenvalue weighted by molar-refractivity contribution is -0.124. The number of H-pyrrole nitrogens is 1. The smallest absolute Gasteiger partial charge is 0.237 e. The van der Waals surface area contributed by atoms with Gasteiger partial charge in [0.1, 0.15) is 0 Å². The second-order valence-corrected chi connectivity index (χ2v) is 9.17. The van der Waals surface area contributed by atoms with Crippen LogP contribution < -0.4 is 21.7 Å². The molecule has 7 heteroatoms. The number of amides is 2. The molecule has 0 bridgehead atoms. The van der Waals surface area contributed by atoms with Crippen LogP contribution in [0.25, 0.3) is 10.9 Å². The van der Waals surface area contributed by atoms with Crippen LogP contribution in [0.5, 0.6) is 0 Å². The third-order valence-corrected chi connectivity index (χ3v) is 6.86. The van der Waals surface area contributed by atoms with Crippen LogP contribution in [0.4, 0.5) is 0 Å². The van der Waals surface area contributed by atoms with Crippen molar-refractivity contribution in [2.75, 3.05) is 6.54 Å². The molecule has 7 nitrogen and oxygen atoms in total. The monoisotopic (exact) mass is 445 g/mol. The molecule has 0 saturated carbocycles. The Bertz CT molecular complexity index is 1170. The van der Waals surface area contributed by atoms with Gasteiger partial charge >= 0.3 is 0 Å². The first-order chi connectivity index (χ1) is 16.1. The number of aromatic amines is 1. The van der Waals surface area contributed by atoms with E-state index in [1.807, 2.05) is 24.3 Å². The Labute approximate surface area is 193 Å². The van der Waals surface area contributed by atoms with E-state index >= 15 is 0 Å². The van der Waals surface area contributed by atoms with Crippen LogP contribution in [0.1, 0.15) is 47.7 Å². The van der Waals surface area contributed by atoms with Crippen molar-refractivity contribution < 1.29 is 9.59 Å². The van der Waals surface area contributed by atoms with Gasteiger partial charge in [0.25, 0.3) is 0 Å². The quantitative estimate of drug-likeness (QED) is 0.375. The number of carbonyl (C=O) groups is 2. The summed E-state index contributed by atoms with van der Waals surface area (Å²) in [4.78, 5) is 28.5. The van der Waals surface area contributed by atoms with Crippen molar-refractivity contribution in [2.24, 2.45) is 5.73 Å². The second-order valence-electron chi connectivity index (χ2n) is 9.17. The topological polar surface area (TPSA) is 112 Å². The predicted molar refractivity (Wildman–Crippen MR) is 128 cm³/mol. The molecule has 1 aromatic heterocycles. The van der Waals surface area contributed by atoms with E-state index in [0.29, 0.717) is 32.4 Å². The molecule has 2 aromatic carbocycles. The van der Waals surface area contributed by atoms with Gasteiger partial charge in [0.15, 0.2) is 0 Å². The van der Waals surface area contributed by atoms with Gasteiger partial charge < -0.3 is 21.4 Å². The largest absolute Gasteiger partial charge is 0.357 e. The molecule has 2 aliphatic rings. The minimum absolute atomic E-state index is 0.0128. The van der Waals surface area contributed by atoms with Crippen molar-refractivity contribution in [1.29, 1.82) is 0 Å². The number of aromatic nitrogens is 1. The van der Waals surface area contributed by atoms with E-state index in [0.717, 1.165) is 24.1 Å². The molecule has 0 spiro atoms. The lowest BCUT2D eigenvalue weighted by Crippen LogP contribution is -2.48. The number of nitrogens with one attached hydrogen (secondary N) is 4. The maximum absolute atomic E-state index is 12.7. The number of benzene rings is 2. The van der Waals surface area contributed by atoms with Gasteiger partial charge in [-0.3, -0.25) is 14.9 Å². The van der Waals surface area contributed by atoms with E-state index in [2.05, 4.69) is 45.2 Å². The molecule has 1 aliphatic heterocycles. The highest BCUT2D eigenvalue weighted by molar-refractivity contribution is 5.88. The number of hydrogen-bond donors (Lipinski definition) is 5. The summed E-state index contributed by atoms with van der Waals surface area (Å²) in [6, 6.07) is 16.1. The van der Waals surface area contributed by atoms with Gasteiger partial charge in [-0.05, 0) is 48.4 Å². The van der Waals surface area contributed by atoms with Crippen molar-refractivity contribution in [3.8, 4) is 0 Å². The van der Waals surface area contributed by atoms with Crippen molar-refractivity contribution in [2.45, 2.75) is 56.8 Å². The molecular formula is C26H31N5O2. The summed E-state index contributed by atoms with van der Waals surface area (Å²) in [5, 5.41) is 10.6. The first-order valence-electron chi connectivity index (χ1n) is 11.8. The van der Waals surface area contributed by atoms with Crippen LogP contribution >= 0.6 is 0 Å². The van der Waals surface area contributed by atoms with Gasteiger partial charge in [-0.25, -0.2) is 0 Å². The van der Waals surface area contributed by atoms with Gasteiger partial charge in [-0.2, -0.15) is 0 Å². The average molecular weight is 446 g/mol. The first-order valence-corrected chi connectivity index (χ1v) is 11.8. The third-order valence-electron chi connectivity index (χ3n) is 6.86. The number of fused-ring (bicyclic) bond motifs is 4. The molecule has 0 radical (unpaired) electrons. The second kappa shape index (κ2) is 9.37. The van der Waals surface area contributed by atoms with Gasteiger partial charge in [0.2, 0.25) is 11.8 Å². The highest BCUT2D eigenvalue weighted by Gasteiger charge is 2.27. The molecule has 1 aliphatic carbocycles. The Morgan fingerprint density at radius 3 is 2.79 bits per heavy atom. The molecule has 3 unspecified atom stereocenters. The lowest BCUT2D eigenvalue weighted by Gasteiger charge is -2.30. The molecule has 2 amide bonds. The zero-order chi connectivity index (χ0) is 22.8. The standard InChI is InChI=1S/C26H31N5O2/c27-21-13-17(12-16-6-1-2-7-18(16)21)30-25(32)10-5-11-28-26(33)23-14-20-19-8-3-4-9-22(19)31-24(20)15-29-23/h1-4,6-9,17,21,23,29,31H,5,10-15,27H2,(H,28,33)(H,30,32). The zero-order valence-corrected chi connectivity index (χ0v) is 18.7. The van der Waals surface area contributed by atoms with Crippen molar-refractivity contribution in [3.05, 3.63) is 70.9 Å². The molecule has 3 aromatic rings. The Kier molecular flexibility index (Phi) is 6.15. The minimum atomic E-state index is -0.255. The van der Waals surface area contributed by atoms with E-state index in [4.69, 9.17) is 5.73 Å². The number of hydrogen-bond acceptors (Lipinski definition) is 4. The zero-order valence-electron chi connectivity index (χ0n) is 18.7. The molecule has 3 atom stereocenters. The predicted octanol–water partition coefficient (Wildman–Crippen LogP) is 2.21. The Balaban J connectivity index is 1.06. The highest BCUT2D eigenvalue weighted by Crippen LogP contribution is 2.28. The molecular weight excluding hydrogens is 414 g/mol. The fraction of sp³-hybridized carbons (Fsp3) is 0.385. The molecule has 5 rings (SSSR count). The van der Waals surface area contributed by atoms with Gasteiger partial charge in [0.05, 0.1) is 6.04 Å². The van der Waals surface area contributed by atoms with Crippen LogP contribution in [0.2, 0.25) is 0 Å². The van der Waals surface area contributed by atoms with Gasteiger partial charge in [0, 0.05) is 48.2 Å². The van der Waals surface area contributed by atoms with Gasteiger partial charge in [-0.15, -0.1) is 0 Å². The van der Waals surface area contributed by atoms with E-state index in [-0.39, 0.29) is 29.9 Å². The summed E-state index contributed by atoms with van der Waals surface area (Å²) in [5.41, 5.74) is 12.2. The maximum atomic E-state index is 12.7. The van der Waals surface area contributed by atoms with Gasteiger partial charge in [-0.1, -0.05) is 42.5 Å². The molecule has 33 heavy (non-hydrogen) atoms. The van der Waals surface area contributed by atoms with E-state index in [9.17, 15) is 9.59 Å². The minimum Gasteiger partial charge on any atom is -0.357 e. The average Bonchev–Trinajstić information content (AvgIpc) is 3.20. The Morgan fingerprint density at radius 1 is 1.06 bits per heavy atom. The summed E-state index contributed by atoms with van der Waals surface area (Å²) >= 11 is 0. The summed E-state index contributed by atoms with van der Waals surface area (Å²) in [6.45, 7) is 1.13. The Hall–Kier alpha value is -3.16. The molecule has 6 N–H and O–H groups in total. The van der Waals surface area contributed by atoms with Crippen LogP contribution in [0, 0.1) is 0 Å². The summed E-state index contributed by atoms with van der Waals surface area (Å²) in [5.74, 6) is 0.00116. The van der Waals surface area contributed by atoms with Crippen LogP contribution in [0.3, 0.4) is 0 Å². The maximum Gasteiger partial charge on any atom is 0.237 e. The van der Waals surface area contributed by atoms with Crippen molar-refractivity contribution >= 4 is 22.7 Å². The normalized spacial score (nSPS) is 21.8. The fourth-order valence-corrected chi connectivity index (χ4v) is 5.18. The molecule has 2 heterocycles. The van der Waals surface area contributed by atoms with E-state index in [1.54, 1.807) is 0 Å². The number of nitrogens with two attached hydrogens (primary N) is 1. The van der Waals surface area contributed by atoms with Crippen LogP contribution in [-0.4, -0.2) is 35.4 Å². The van der Waals surface area contributed by atoms with Crippen molar-refractivity contribution in [1.82, 2.24) is 20.9 Å². The first kappa shape index (κ1) is 21.7. The third kappa shape index (κ3) is 4.65. The number of rotatable bonds is 6. The van der Waals surface area contributed by atoms with Crippen LogP contribution in [-0.2, 0) is 29.0 Å². The summed E-state index contributed by atoms with van der Waals surface area (Å²) < 4.78 is 0. The van der Waals surface area contributed by atoms with E-state index < -0.39 is 0 Å². The molecule has 0 fully saturated rings. The highest BCUT2D eigenvalue weighted by atomic mass is 16.2. The van der Waals surface area contributed by atoms with Crippen molar-refractivity contribution in [3.63, 3.8) is 0 Å². The SMILES string of the molecule is NC1CC(NC(=O)CCCNC(=O)C2Cc3c([nH]c4ccccc34)CN2)Cc2ccccc21. The van der Waals surface area contributed by atoms with E-state index in [1.165, 1.54) is 22.1 Å². The Morgan fingerprint density at radius 2 is 1.88 bits per heavy atom. The summed E-state index contributed by atoms with van der Waals surface area (Å²) in [6.07, 6.45) is 3.23.